The second-order valence-corrected chi connectivity index (χ2v) is 6.28. The van der Waals surface area contributed by atoms with Gasteiger partial charge in [0.1, 0.15) is 16.4 Å². The fourth-order valence-electron chi connectivity index (χ4n) is 2.60. The van der Waals surface area contributed by atoms with Gasteiger partial charge in [-0.15, -0.1) is 0 Å². The minimum atomic E-state index is 0.796. The summed E-state index contributed by atoms with van der Waals surface area (Å²) in [6, 6.07) is 16.5. The first-order valence-electron chi connectivity index (χ1n) is 7.45. The van der Waals surface area contributed by atoms with Crippen LogP contribution in [0.3, 0.4) is 0 Å². The second kappa shape index (κ2) is 6.12. The molecule has 5 heteroatoms. The molecule has 22 heavy (non-hydrogen) atoms. The van der Waals surface area contributed by atoms with E-state index in [0.29, 0.717) is 0 Å². The van der Waals surface area contributed by atoms with Crippen LogP contribution < -0.4 is 0 Å². The molecule has 1 aliphatic rings. The van der Waals surface area contributed by atoms with Crippen LogP contribution in [-0.2, 0) is 4.74 Å². The summed E-state index contributed by atoms with van der Waals surface area (Å²) < 4.78 is 9.97. The zero-order valence-electron chi connectivity index (χ0n) is 12.2. The number of imidazole rings is 1. The molecule has 0 saturated carbocycles. The molecule has 0 aliphatic carbocycles. The highest BCUT2D eigenvalue weighted by Crippen LogP contribution is 2.34. The number of hydrogen-bond acceptors (Lipinski definition) is 4. The van der Waals surface area contributed by atoms with E-state index >= 15 is 0 Å². The van der Waals surface area contributed by atoms with Crippen LogP contribution in [0.2, 0.25) is 0 Å². The first-order valence-corrected chi connectivity index (χ1v) is 8.22. The van der Waals surface area contributed by atoms with Gasteiger partial charge in [0.15, 0.2) is 0 Å². The Kier molecular flexibility index (Phi) is 3.84. The van der Waals surface area contributed by atoms with E-state index in [1.165, 1.54) is 5.03 Å². The molecule has 1 saturated heterocycles. The Labute approximate surface area is 133 Å². The molecule has 3 heterocycles. The molecular weight excluding hydrogens is 294 g/mol. The van der Waals surface area contributed by atoms with Gasteiger partial charge in [-0.05, 0) is 24.1 Å². The van der Waals surface area contributed by atoms with E-state index in [1.54, 1.807) is 11.9 Å². The van der Waals surface area contributed by atoms with Crippen LogP contribution in [0, 0.1) is 0 Å². The lowest BCUT2D eigenvalue weighted by Gasteiger charge is -2.25. The van der Waals surface area contributed by atoms with Crippen molar-refractivity contribution >= 4 is 17.6 Å². The predicted molar refractivity (Wildman–Crippen MR) is 88.9 cm³/mol. The summed E-state index contributed by atoms with van der Waals surface area (Å²) in [7, 11) is 0. The Morgan fingerprint density at radius 3 is 2.55 bits per heavy atom. The summed E-state index contributed by atoms with van der Waals surface area (Å²) in [4.78, 5) is 4.83. The zero-order chi connectivity index (χ0) is 14.8. The van der Waals surface area contributed by atoms with Gasteiger partial charge >= 0.3 is 0 Å². The van der Waals surface area contributed by atoms with Crippen molar-refractivity contribution in [3.05, 3.63) is 54.7 Å². The van der Waals surface area contributed by atoms with Crippen molar-refractivity contribution in [1.82, 2.24) is 13.7 Å². The number of pyridine rings is 1. The van der Waals surface area contributed by atoms with Gasteiger partial charge in [0.2, 0.25) is 0 Å². The quantitative estimate of drug-likeness (QED) is 0.694. The molecule has 0 radical (unpaired) electrons. The first-order chi connectivity index (χ1) is 10.9. The third-order valence-electron chi connectivity index (χ3n) is 3.72. The Morgan fingerprint density at radius 2 is 1.73 bits per heavy atom. The number of rotatable bonds is 3. The molecule has 1 aromatic carbocycles. The number of hydrogen-bond donors (Lipinski definition) is 0. The minimum absolute atomic E-state index is 0.796. The van der Waals surface area contributed by atoms with Gasteiger partial charge in [0.25, 0.3) is 0 Å². The average molecular weight is 311 g/mol. The van der Waals surface area contributed by atoms with Crippen molar-refractivity contribution < 1.29 is 4.74 Å². The van der Waals surface area contributed by atoms with Crippen LogP contribution in [-0.4, -0.2) is 40.0 Å². The maximum Gasteiger partial charge on any atom is 0.138 e. The van der Waals surface area contributed by atoms with Crippen LogP contribution in [0.1, 0.15) is 0 Å². The fourth-order valence-corrected chi connectivity index (χ4v) is 3.67. The fraction of sp³-hybridized carbons (Fsp3) is 0.235. The summed E-state index contributed by atoms with van der Waals surface area (Å²) in [6.07, 6.45) is 2.08. The monoisotopic (exact) mass is 311 g/mol. The van der Waals surface area contributed by atoms with Crippen LogP contribution in [0.4, 0.5) is 0 Å². The molecule has 0 atom stereocenters. The van der Waals surface area contributed by atoms with Gasteiger partial charge in [0, 0.05) is 24.8 Å². The van der Waals surface area contributed by atoms with E-state index in [4.69, 9.17) is 9.72 Å². The van der Waals surface area contributed by atoms with E-state index in [1.807, 2.05) is 18.2 Å². The topological polar surface area (TPSA) is 29.8 Å². The molecule has 3 aromatic rings. The lowest BCUT2D eigenvalue weighted by Crippen LogP contribution is -2.31. The van der Waals surface area contributed by atoms with E-state index in [0.717, 1.165) is 43.2 Å². The van der Waals surface area contributed by atoms with Gasteiger partial charge < -0.3 is 4.74 Å². The van der Waals surface area contributed by atoms with Gasteiger partial charge in [0.05, 0.1) is 13.2 Å². The Balaban J connectivity index is 1.79. The largest absolute Gasteiger partial charge is 0.379 e. The van der Waals surface area contributed by atoms with E-state index in [9.17, 15) is 0 Å². The number of benzene rings is 1. The maximum absolute atomic E-state index is 5.44. The smallest absolute Gasteiger partial charge is 0.138 e. The van der Waals surface area contributed by atoms with Crippen LogP contribution in [0.5, 0.6) is 0 Å². The van der Waals surface area contributed by atoms with Gasteiger partial charge in [-0.3, -0.25) is 4.40 Å². The van der Waals surface area contributed by atoms with Crippen LogP contribution >= 0.6 is 11.9 Å². The maximum atomic E-state index is 5.44. The molecule has 0 unspecified atom stereocenters. The van der Waals surface area contributed by atoms with Gasteiger partial charge in [-0.2, -0.15) is 0 Å². The van der Waals surface area contributed by atoms with E-state index in [2.05, 4.69) is 45.2 Å². The SMILES string of the molecule is c1ccc(-c2nc3ccccn3c2SN2CCOCC2)cc1. The van der Waals surface area contributed by atoms with Gasteiger partial charge in [-0.1, -0.05) is 36.4 Å². The van der Waals surface area contributed by atoms with Crippen LogP contribution in [0.25, 0.3) is 16.9 Å². The van der Waals surface area contributed by atoms with Crippen molar-refractivity contribution in [2.75, 3.05) is 26.3 Å². The number of nitrogens with zero attached hydrogens (tertiary/aromatic N) is 3. The number of fused-ring (bicyclic) bond motifs is 1. The molecule has 1 fully saturated rings. The highest BCUT2D eigenvalue weighted by atomic mass is 32.2. The van der Waals surface area contributed by atoms with E-state index in [-0.39, 0.29) is 0 Å². The standard InChI is InChI=1S/C17H17N3OS/c1-2-6-14(7-3-1)16-17(22-19-10-12-21-13-11-19)20-9-5-4-8-15(20)18-16/h1-9H,10-13H2. The summed E-state index contributed by atoms with van der Waals surface area (Å²) in [5.41, 5.74) is 3.18. The van der Waals surface area contributed by atoms with Gasteiger partial charge in [-0.25, -0.2) is 9.29 Å². The lowest BCUT2D eigenvalue weighted by atomic mass is 10.2. The highest BCUT2D eigenvalue weighted by molar-refractivity contribution is 7.97. The van der Waals surface area contributed by atoms with Crippen LogP contribution in [0.15, 0.2) is 59.8 Å². The number of aromatic nitrogens is 2. The minimum Gasteiger partial charge on any atom is -0.379 e. The zero-order valence-corrected chi connectivity index (χ0v) is 13.0. The lowest BCUT2D eigenvalue weighted by molar-refractivity contribution is 0.0772. The van der Waals surface area contributed by atoms with Crippen molar-refractivity contribution in [3.63, 3.8) is 0 Å². The van der Waals surface area contributed by atoms with Crippen molar-refractivity contribution in [2.24, 2.45) is 0 Å². The summed E-state index contributed by atoms with van der Waals surface area (Å²) >= 11 is 1.78. The molecule has 0 bridgehead atoms. The molecule has 4 nitrogen and oxygen atoms in total. The Morgan fingerprint density at radius 1 is 0.955 bits per heavy atom. The molecule has 0 N–H and O–H groups in total. The molecule has 0 spiro atoms. The summed E-state index contributed by atoms with van der Waals surface area (Å²) in [5, 5.41) is 1.17. The third-order valence-corrected chi connectivity index (χ3v) is 4.91. The molecule has 4 rings (SSSR count). The van der Waals surface area contributed by atoms with Crippen molar-refractivity contribution in [1.29, 1.82) is 0 Å². The molecule has 0 amide bonds. The number of ether oxygens (including phenoxy) is 1. The normalized spacial score (nSPS) is 16.2. The summed E-state index contributed by atoms with van der Waals surface area (Å²) in [6.45, 7) is 3.48. The van der Waals surface area contributed by atoms with Crippen molar-refractivity contribution in [2.45, 2.75) is 5.03 Å². The third kappa shape index (κ3) is 2.63. The molecule has 2 aromatic heterocycles. The van der Waals surface area contributed by atoms with Crippen molar-refractivity contribution in [3.8, 4) is 11.3 Å². The first kappa shape index (κ1) is 13.8. The predicted octanol–water partition coefficient (Wildman–Crippen LogP) is 3.34. The molecular formula is C17H17N3OS. The average Bonchev–Trinajstić information content (AvgIpc) is 2.95. The van der Waals surface area contributed by atoms with E-state index < -0.39 is 0 Å². The highest BCUT2D eigenvalue weighted by Gasteiger charge is 2.19. The number of morpholine rings is 1. The molecule has 1 aliphatic heterocycles. The Bertz CT molecular complexity index is 766. The second-order valence-electron chi connectivity index (χ2n) is 5.19. The molecule has 112 valence electrons. The Hall–Kier alpha value is -1.82. The summed E-state index contributed by atoms with van der Waals surface area (Å²) in [5.74, 6) is 0.